The smallest absolute Gasteiger partial charge is 0.326 e. The number of amides is 1. The molecule has 0 unspecified atom stereocenters. The van der Waals surface area contributed by atoms with Crippen LogP contribution in [0.15, 0.2) is 12.1 Å². The van der Waals surface area contributed by atoms with Gasteiger partial charge in [0.25, 0.3) is 5.91 Å². The minimum Gasteiger partial charge on any atom is -0.480 e. The first-order valence-corrected chi connectivity index (χ1v) is 5.98. The molecule has 1 atom stereocenters. The molecule has 1 heterocycles. The van der Waals surface area contributed by atoms with Crippen molar-refractivity contribution in [1.29, 1.82) is 0 Å². The van der Waals surface area contributed by atoms with Crippen LogP contribution < -0.4 is 0 Å². The van der Waals surface area contributed by atoms with Crippen LogP contribution in [-0.2, 0) is 4.79 Å². The Morgan fingerprint density at radius 1 is 1.32 bits per heavy atom. The first-order chi connectivity index (χ1) is 8.91. The fourth-order valence-corrected chi connectivity index (χ4v) is 2.26. The summed E-state index contributed by atoms with van der Waals surface area (Å²) in [6, 6.07) is 0.401. The molecule has 1 fully saturated rings. The molecular weight excluding hydrogens is 280 g/mol. The number of likely N-dealkylation sites (tertiary alicyclic amines) is 1. The molecule has 1 aromatic rings. The van der Waals surface area contributed by atoms with Crippen molar-refractivity contribution in [3.63, 3.8) is 0 Å². The van der Waals surface area contributed by atoms with E-state index in [0.29, 0.717) is 25.0 Å². The summed E-state index contributed by atoms with van der Waals surface area (Å²) in [5.41, 5.74) is -0.505. The molecule has 0 aliphatic carbocycles. The molecule has 0 bridgehead atoms. The van der Waals surface area contributed by atoms with Crippen molar-refractivity contribution in [2.75, 3.05) is 6.54 Å². The molecule has 1 aromatic carbocycles. The third-order valence-electron chi connectivity index (χ3n) is 3.04. The highest BCUT2D eigenvalue weighted by molar-refractivity contribution is 6.30. The molecule has 102 valence electrons. The number of hydrogen-bond acceptors (Lipinski definition) is 2. The van der Waals surface area contributed by atoms with Crippen molar-refractivity contribution < 1.29 is 23.5 Å². The third-order valence-corrected chi connectivity index (χ3v) is 3.33. The molecule has 1 N–H and O–H groups in total. The maximum Gasteiger partial charge on any atom is 0.326 e. The predicted molar refractivity (Wildman–Crippen MR) is 63.1 cm³/mol. The zero-order chi connectivity index (χ0) is 14.2. The number of carboxylic acid groups (broad SMARTS) is 1. The van der Waals surface area contributed by atoms with Crippen molar-refractivity contribution in [1.82, 2.24) is 4.90 Å². The molecule has 2 rings (SSSR count). The molecule has 0 radical (unpaired) electrons. The molecule has 0 aromatic heterocycles. The topological polar surface area (TPSA) is 57.6 Å². The van der Waals surface area contributed by atoms with E-state index in [4.69, 9.17) is 16.7 Å². The summed E-state index contributed by atoms with van der Waals surface area (Å²) in [5.74, 6) is -3.87. The van der Waals surface area contributed by atoms with Gasteiger partial charge >= 0.3 is 5.97 Å². The lowest BCUT2D eigenvalue weighted by Gasteiger charge is -2.21. The number of carbonyl (C=O) groups excluding carboxylic acids is 1. The van der Waals surface area contributed by atoms with E-state index in [2.05, 4.69) is 0 Å². The Bertz CT molecular complexity index is 550. The van der Waals surface area contributed by atoms with Gasteiger partial charge in [-0.15, -0.1) is 0 Å². The van der Waals surface area contributed by atoms with Crippen LogP contribution in [0.4, 0.5) is 8.78 Å². The van der Waals surface area contributed by atoms with E-state index in [1.165, 1.54) is 0 Å². The number of carboxylic acids is 1. The number of aliphatic carboxylic acids is 1. The molecule has 19 heavy (non-hydrogen) atoms. The average molecular weight is 290 g/mol. The molecule has 0 saturated carbocycles. The summed E-state index contributed by atoms with van der Waals surface area (Å²) in [6.45, 7) is 0.208. The predicted octanol–water partition coefficient (Wildman–Crippen LogP) is 2.31. The molecular formula is C12H10ClF2NO3. The minimum absolute atomic E-state index is 0.208. The van der Waals surface area contributed by atoms with Crippen molar-refractivity contribution >= 4 is 23.5 Å². The molecule has 1 aliphatic rings. The molecule has 7 heteroatoms. The third kappa shape index (κ3) is 2.53. The molecule has 1 amide bonds. The summed E-state index contributed by atoms with van der Waals surface area (Å²) in [7, 11) is 0. The van der Waals surface area contributed by atoms with Gasteiger partial charge in [-0.05, 0) is 25.0 Å². The van der Waals surface area contributed by atoms with E-state index in [1.54, 1.807) is 0 Å². The van der Waals surface area contributed by atoms with E-state index in [1.807, 2.05) is 0 Å². The summed E-state index contributed by atoms with van der Waals surface area (Å²) in [4.78, 5) is 24.1. The highest BCUT2D eigenvalue weighted by atomic mass is 35.5. The molecule has 0 spiro atoms. The molecule has 4 nitrogen and oxygen atoms in total. The Balaban J connectivity index is 2.34. The van der Waals surface area contributed by atoms with Crippen LogP contribution >= 0.6 is 11.6 Å². The zero-order valence-electron chi connectivity index (χ0n) is 9.70. The van der Waals surface area contributed by atoms with Gasteiger partial charge in [0, 0.05) is 6.54 Å². The van der Waals surface area contributed by atoms with Crippen molar-refractivity contribution in [3.05, 3.63) is 34.4 Å². The largest absolute Gasteiger partial charge is 0.480 e. The van der Waals surface area contributed by atoms with E-state index in [-0.39, 0.29) is 6.54 Å². The second-order valence-electron chi connectivity index (χ2n) is 4.24. The lowest BCUT2D eigenvalue weighted by Crippen LogP contribution is -2.40. The normalized spacial score (nSPS) is 18.7. The Morgan fingerprint density at radius 3 is 2.63 bits per heavy atom. The maximum atomic E-state index is 13.6. The summed E-state index contributed by atoms with van der Waals surface area (Å²) in [6.07, 6.45) is 0.819. The fourth-order valence-electron chi connectivity index (χ4n) is 2.11. The molecule has 1 aliphatic heterocycles. The lowest BCUT2D eigenvalue weighted by molar-refractivity contribution is -0.141. The average Bonchev–Trinajstić information content (AvgIpc) is 2.82. The highest BCUT2D eigenvalue weighted by Gasteiger charge is 2.35. The van der Waals surface area contributed by atoms with Gasteiger partial charge in [0.15, 0.2) is 0 Å². The second kappa shape index (κ2) is 5.13. The number of hydrogen-bond donors (Lipinski definition) is 1. The van der Waals surface area contributed by atoms with Crippen molar-refractivity contribution in [2.45, 2.75) is 18.9 Å². The van der Waals surface area contributed by atoms with Gasteiger partial charge in [-0.2, -0.15) is 0 Å². The van der Waals surface area contributed by atoms with Crippen LogP contribution in [0.2, 0.25) is 5.02 Å². The van der Waals surface area contributed by atoms with Crippen molar-refractivity contribution in [2.24, 2.45) is 0 Å². The lowest BCUT2D eigenvalue weighted by atomic mass is 10.1. The number of nitrogens with zero attached hydrogens (tertiary/aromatic N) is 1. The van der Waals surface area contributed by atoms with E-state index >= 15 is 0 Å². The molecule has 1 saturated heterocycles. The Kier molecular flexibility index (Phi) is 3.71. The first-order valence-electron chi connectivity index (χ1n) is 5.60. The standard InChI is InChI=1S/C12H10ClF2NO3/c13-7-5-8(14)6(4-9(7)15)11(17)16-3-1-2-10(16)12(18)19/h4-5,10H,1-3H2,(H,18,19)/t10-/m0/s1. The number of rotatable bonds is 2. The van der Waals surface area contributed by atoms with E-state index in [9.17, 15) is 18.4 Å². The fraction of sp³-hybridized carbons (Fsp3) is 0.333. The van der Waals surface area contributed by atoms with Gasteiger partial charge in [-0.25, -0.2) is 13.6 Å². The van der Waals surface area contributed by atoms with Gasteiger partial charge in [-0.1, -0.05) is 11.6 Å². The number of halogens is 3. The number of benzene rings is 1. The van der Waals surface area contributed by atoms with Crippen molar-refractivity contribution in [3.8, 4) is 0 Å². The Hall–Kier alpha value is -1.69. The van der Waals surface area contributed by atoms with Gasteiger partial charge in [0.05, 0.1) is 10.6 Å². The quantitative estimate of drug-likeness (QED) is 0.850. The summed E-state index contributed by atoms with van der Waals surface area (Å²) < 4.78 is 26.9. The number of carbonyl (C=O) groups is 2. The van der Waals surface area contributed by atoms with Crippen LogP contribution in [0.1, 0.15) is 23.2 Å². The van der Waals surface area contributed by atoms with Crippen LogP contribution in [0.3, 0.4) is 0 Å². The van der Waals surface area contributed by atoms with E-state index < -0.39 is 40.1 Å². The minimum atomic E-state index is -1.15. The van der Waals surface area contributed by atoms with Gasteiger partial charge in [0.1, 0.15) is 17.7 Å². The van der Waals surface area contributed by atoms with Crippen LogP contribution in [0.25, 0.3) is 0 Å². The summed E-state index contributed by atoms with van der Waals surface area (Å²) >= 11 is 5.40. The van der Waals surface area contributed by atoms with Gasteiger partial charge in [0.2, 0.25) is 0 Å². The Morgan fingerprint density at radius 2 is 2.00 bits per heavy atom. The highest BCUT2D eigenvalue weighted by Crippen LogP contribution is 2.24. The monoisotopic (exact) mass is 289 g/mol. The Labute approximate surface area is 112 Å². The SMILES string of the molecule is O=C(O)[C@@H]1CCCN1C(=O)c1cc(F)c(Cl)cc1F. The second-order valence-corrected chi connectivity index (χ2v) is 4.65. The van der Waals surface area contributed by atoms with E-state index in [0.717, 1.165) is 4.90 Å². The van der Waals surface area contributed by atoms with Crippen LogP contribution in [-0.4, -0.2) is 34.5 Å². The van der Waals surface area contributed by atoms with Gasteiger partial charge < -0.3 is 10.0 Å². The first kappa shape index (κ1) is 13.7. The zero-order valence-corrected chi connectivity index (χ0v) is 10.5. The van der Waals surface area contributed by atoms with Crippen LogP contribution in [0.5, 0.6) is 0 Å². The van der Waals surface area contributed by atoms with Crippen LogP contribution in [0, 0.1) is 11.6 Å². The maximum absolute atomic E-state index is 13.6. The summed E-state index contributed by atoms with van der Waals surface area (Å²) in [5, 5.41) is 8.54. The van der Waals surface area contributed by atoms with Gasteiger partial charge in [-0.3, -0.25) is 4.79 Å².